The van der Waals surface area contributed by atoms with Crippen molar-refractivity contribution >= 4 is 0 Å². The topological polar surface area (TPSA) is 44.7 Å². The number of piperazine rings is 1. The Morgan fingerprint density at radius 2 is 1.72 bits per heavy atom. The Kier molecular flexibility index (Phi) is 5.85. The smallest absolute Gasteiger partial charge is 0.416 e. The minimum absolute atomic E-state index is 0.0721. The van der Waals surface area contributed by atoms with Crippen LogP contribution in [0.4, 0.5) is 26.3 Å². The number of aliphatic hydroxyl groups excluding tert-OH is 1. The molecule has 1 fully saturated rings. The summed E-state index contributed by atoms with van der Waals surface area (Å²) in [5.74, 6) is -0.542. The molecule has 0 bridgehead atoms. The van der Waals surface area contributed by atoms with Crippen molar-refractivity contribution in [3.63, 3.8) is 0 Å². The summed E-state index contributed by atoms with van der Waals surface area (Å²) in [5.41, 5.74) is -3.37. The van der Waals surface area contributed by atoms with Crippen LogP contribution in [0.15, 0.2) is 12.1 Å². The lowest BCUT2D eigenvalue weighted by atomic mass is 9.94. The van der Waals surface area contributed by atoms with Crippen LogP contribution in [0.5, 0.6) is 5.75 Å². The van der Waals surface area contributed by atoms with Gasteiger partial charge in [-0.1, -0.05) is 0 Å². The summed E-state index contributed by atoms with van der Waals surface area (Å²) in [4.78, 5) is 1.59. The summed E-state index contributed by atoms with van der Waals surface area (Å²) in [6.45, 7) is 1.03. The molecule has 25 heavy (non-hydrogen) atoms. The van der Waals surface area contributed by atoms with Gasteiger partial charge in [0.1, 0.15) is 5.75 Å². The number of hydrogen-bond donors (Lipinski definition) is 2. The van der Waals surface area contributed by atoms with Crippen molar-refractivity contribution in [1.82, 2.24) is 10.2 Å². The maximum atomic E-state index is 13.5. The average molecular weight is 372 g/mol. The third-order valence-electron chi connectivity index (χ3n) is 4.09. The van der Waals surface area contributed by atoms with Crippen LogP contribution in [0.25, 0.3) is 0 Å². The molecule has 4 nitrogen and oxygen atoms in total. The van der Waals surface area contributed by atoms with E-state index in [1.54, 1.807) is 4.90 Å². The van der Waals surface area contributed by atoms with E-state index in [0.29, 0.717) is 32.2 Å². The van der Waals surface area contributed by atoms with Gasteiger partial charge in [0.2, 0.25) is 0 Å². The Balaban J connectivity index is 2.64. The van der Waals surface area contributed by atoms with Gasteiger partial charge in [-0.25, -0.2) is 0 Å². The molecule has 0 aliphatic carbocycles. The first-order chi connectivity index (χ1) is 11.6. The minimum atomic E-state index is -5.02. The second-order valence-electron chi connectivity index (χ2n) is 5.62. The van der Waals surface area contributed by atoms with Crippen molar-refractivity contribution in [2.75, 3.05) is 39.9 Å². The van der Waals surface area contributed by atoms with Gasteiger partial charge in [-0.2, -0.15) is 26.3 Å². The van der Waals surface area contributed by atoms with Gasteiger partial charge in [0.05, 0.1) is 30.9 Å². The van der Waals surface area contributed by atoms with E-state index in [0.717, 1.165) is 7.11 Å². The van der Waals surface area contributed by atoms with Crippen LogP contribution in [0.1, 0.15) is 22.7 Å². The molecular weight excluding hydrogens is 354 g/mol. The highest BCUT2D eigenvalue weighted by molar-refractivity contribution is 5.48. The fourth-order valence-electron chi connectivity index (χ4n) is 2.92. The van der Waals surface area contributed by atoms with Crippen LogP contribution in [0.3, 0.4) is 0 Å². The molecule has 2 N–H and O–H groups in total. The van der Waals surface area contributed by atoms with Gasteiger partial charge in [-0.3, -0.25) is 4.90 Å². The van der Waals surface area contributed by atoms with Crippen molar-refractivity contribution < 1.29 is 36.2 Å². The molecule has 10 heteroatoms. The number of halogens is 6. The van der Waals surface area contributed by atoms with Crippen LogP contribution < -0.4 is 10.1 Å². The van der Waals surface area contributed by atoms with Crippen molar-refractivity contribution in [3.8, 4) is 5.75 Å². The van der Waals surface area contributed by atoms with Crippen molar-refractivity contribution in [3.05, 3.63) is 28.8 Å². The Labute approximate surface area is 140 Å². The van der Waals surface area contributed by atoms with Gasteiger partial charge in [0.15, 0.2) is 0 Å². The first kappa shape index (κ1) is 19.8. The normalized spacial score (nSPS) is 18.2. The van der Waals surface area contributed by atoms with Crippen LogP contribution in [0.2, 0.25) is 0 Å². The molecule has 1 aromatic carbocycles. The highest BCUT2D eigenvalue weighted by atomic mass is 19.4. The number of methoxy groups -OCH3 is 1. The standard InChI is InChI=1S/C15H18F6N2O2/c1-25-12-7-9(14(16,17)18)6-10(15(19,20)21)13(12)11(8-24)23-4-2-22-3-5-23/h6-7,11,22,24H,2-5,8H2,1H3/t11-/m1/s1. The second kappa shape index (κ2) is 7.38. The van der Waals surface area contributed by atoms with E-state index < -0.39 is 47.4 Å². The SMILES string of the molecule is COc1cc(C(F)(F)F)cc(C(F)(F)F)c1[C@@H](CO)N1CCNCC1. The van der Waals surface area contributed by atoms with Crippen LogP contribution >= 0.6 is 0 Å². The van der Waals surface area contributed by atoms with E-state index in [-0.39, 0.29) is 6.07 Å². The Morgan fingerprint density at radius 1 is 1.12 bits per heavy atom. The number of benzene rings is 1. The maximum absolute atomic E-state index is 13.5. The molecule has 1 aliphatic rings. The Hall–Kier alpha value is -1.52. The summed E-state index contributed by atoms with van der Waals surface area (Å²) in [6, 6.07) is -0.506. The summed E-state index contributed by atoms with van der Waals surface area (Å²) in [5, 5.41) is 12.7. The van der Waals surface area contributed by atoms with Crippen LogP contribution in [-0.2, 0) is 12.4 Å². The quantitative estimate of drug-likeness (QED) is 0.798. The molecule has 1 saturated heterocycles. The lowest BCUT2D eigenvalue weighted by Crippen LogP contribution is -2.46. The van der Waals surface area contributed by atoms with Crippen LogP contribution in [-0.4, -0.2) is 49.9 Å². The van der Waals surface area contributed by atoms with Gasteiger partial charge >= 0.3 is 12.4 Å². The van der Waals surface area contributed by atoms with Crippen molar-refractivity contribution in [2.45, 2.75) is 18.4 Å². The number of hydrogen-bond acceptors (Lipinski definition) is 4. The molecule has 1 aromatic rings. The van der Waals surface area contributed by atoms with E-state index in [1.807, 2.05) is 0 Å². The fourth-order valence-corrected chi connectivity index (χ4v) is 2.92. The van der Waals surface area contributed by atoms with Gasteiger partial charge in [-0.05, 0) is 12.1 Å². The van der Waals surface area contributed by atoms with E-state index >= 15 is 0 Å². The molecule has 1 atom stereocenters. The zero-order valence-corrected chi connectivity index (χ0v) is 13.3. The molecule has 0 unspecified atom stereocenters. The molecule has 2 rings (SSSR count). The average Bonchev–Trinajstić information content (AvgIpc) is 2.54. The van der Waals surface area contributed by atoms with Crippen molar-refractivity contribution in [1.29, 1.82) is 0 Å². The maximum Gasteiger partial charge on any atom is 0.416 e. The molecule has 0 radical (unpaired) electrons. The van der Waals surface area contributed by atoms with E-state index in [4.69, 9.17) is 4.74 Å². The first-order valence-electron chi connectivity index (χ1n) is 7.51. The Morgan fingerprint density at radius 3 is 2.16 bits per heavy atom. The number of ether oxygens (including phenoxy) is 1. The Bertz CT molecular complexity index is 597. The predicted octanol–water partition coefficient (Wildman–Crippen LogP) is 2.67. The zero-order chi connectivity index (χ0) is 18.8. The largest absolute Gasteiger partial charge is 0.496 e. The lowest BCUT2D eigenvalue weighted by Gasteiger charge is -2.36. The third kappa shape index (κ3) is 4.36. The van der Waals surface area contributed by atoms with Gasteiger partial charge in [0.25, 0.3) is 0 Å². The molecule has 0 aromatic heterocycles. The van der Waals surface area contributed by atoms with Gasteiger partial charge in [0, 0.05) is 31.7 Å². The summed E-state index contributed by atoms with van der Waals surface area (Å²) < 4.78 is 84.1. The molecule has 0 saturated carbocycles. The number of aliphatic hydroxyl groups is 1. The zero-order valence-electron chi connectivity index (χ0n) is 13.3. The van der Waals surface area contributed by atoms with Crippen molar-refractivity contribution in [2.24, 2.45) is 0 Å². The molecule has 1 heterocycles. The highest BCUT2D eigenvalue weighted by Crippen LogP contribution is 2.44. The summed E-state index contributed by atoms with van der Waals surface area (Å²) in [6.07, 6.45) is -9.97. The number of alkyl halides is 6. The van der Waals surface area contributed by atoms with Gasteiger partial charge < -0.3 is 15.2 Å². The van der Waals surface area contributed by atoms with E-state index in [2.05, 4.69) is 5.32 Å². The third-order valence-corrected chi connectivity index (χ3v) is 4.09. The predicted molar refractivity (Wildman–Crippen MR) is 77.3 cm³/mol. The second-order valence-corrected chi connectivity index (χ2v) is 5.62. The molecular formula is C15H18F6N2O2. The lowest BCUT2D eigenvalue weighted by molar-refractivity contribution is -0.144. The number of rotatable bonds is 4. The number of nitrogens with one attached hydrogen (secondary N) is 1. The van der Waals surface area contributed by atoms with Gasteiger partial charge in [-0.15, -0.1) is 0 Å². The molecule has 0 amide bonds. The minimum Gasteiger partial charge on any atom is -0.496 e. The summed E-state index contributed by atoms with van der Waals surface area (Å²) >= 11 is 0. The number of nitrogens with zero attached hydrogens (tertiary/aromatic N) is 1. The fraction of sp³-hybridized carbons (Fsp3) is 0.600. The monoisotopic (exact) mass is 372 g/mol. The van der Waals surface area contributed by atoms with Crippen LogP contribution in [0, 0.1) is 0 Å². The summed E-state index contributed by atoms with van der Waals surface area (Å²) in [7, 11) is 1.01. The molecule has 142 valence electrons. The highest BCUT2D eigenvalue weighted by Gasteiger charge is 2.42. The van der Waals surface area contributed by atoms with E-state index in [9.17, 15) is 31.4 Å². The molecule has 0 spiro atoms. The first-order valence-corrected chi connectivity index (χ1v) is 7.51. The van der Waals surface area contributed by atoms with E-state index in [1.165, 1.54) is 0 Å². The molecule has 1 aliphatic heterocycles.